The zero-order valence-electron chi connectivity index (χ0n) is 16.2. The molecule has 1 amide bonds. The van der Waals surface area contributed by atoms with Gasteiger partial charge in [0.25, 0.3) is 0 Å². The van der Waals surface area contributed by atoms with E-state index in [4.69, 9.17) is 4.74 Å². The molecule has 1 aliphatic heterocycles. The summed E-state index contributed by atoms with van der Waals surface area (Å²) < 4.78 is 5.75. The number of hydrogen-bond acceptors (Lipinski definition) is 4. The molecule has 1 heterocycles. The number of nitrogens with one attached hydrogen (secondary N) is 1. The summed E-state index contributed by atoms with van der Waals surface area (Å²) in [7, 11) is 2.17. The molecule has 1 atom stereocenters. The van der Waals surface area contributed by atoms with Gasteiger partial charge in [-0.25, -0.2) is 0 Å². The fourth-order valence-electron chi connectivity index (χ4n) is 3.05. The van der Waals surface area contributed by atoms with Gasteiger partial charge in [0.15, 0.2) is 0 Å². The minimum atomic E-state index is 0.0653. The molecule has 0 unspecified atom stereocenters. The zero-order chi connectivity index (χ0) is 18.2. The van der Waals surface area contributed by atoms with Crippen LogP contribution in [-0.2, 0) is 4.79 Å². The van der Waals surface area contributed by atoms with Gasteiger partial charge in [-0.15, -0.1) is 0 Å². The van der Waals surface area contributed by atoms with E-state index in [0.717, 1.165) is 50.6 Å². The number of likely N-dealkylation sites (N-methyl/N-ethyl adjacent to an activating group) is 1. The standard InChI is InChI=1S/C20H33N3O2/c1-16(15-23-11-9-22(4)10-12-23)14-21-20(24)8-13-25-19-7-5-6-17(2)18(19)3/h5-7,16H,8-15H2,1-4H3,(H,21,24)/t16-/m0/s1. The monoisotopic (exact) mass is 347 g/mol. The number of carbonyl (C=O) groups is 1. The van der Waals surface area contributed by atoms with Crippen molar-refractivity contribution in [2.75, 3.05) is 52.9 Å². The number of rotatable bonds is 8. The van der Waals surface area contributed by atoms with Gasteiger partial charge in [0, 0.05) is 39.3 Å². The highest BCUT2D eigenvalue weighted by Crippen LogP contribution is 2.20. The lowest BCUT2D eigenvalue weighted by Crippen LogP contribution is -2.46. The van der Waals surface area contributed by atoms with Crippen LogP contribution in [0.4, 0.5) is 0 Å². The van der Waals surface area contributed by atoms with E-state index in [1.165, 1.54) is 5.56 Å². The van der Waals surface area contributed by atoms with Crippen LogP contribution in [0.1, 0.15) is 24.5 Å². The highest BCUT2D eigenvalue weighted by Gasteiger charge is 2.16. The van der Waals surface area contributed by atoms with Crippen LogP contribution in [0.25, 0.3) is 0 Å². The molecular weight excluding hydrogens is 314 g/mol. The third-order valence-electron chi connectivity index (χ3n) is 4.96. The van der Waals surface area contributed by atoms with Crippen LogP contribution in [0.5, 0.6) is 5.75 Å². The third-order valence-corrected chi connectivity index (χ3v) is 4.96. The average Bonchev–Trinajstić information content (AvgIpc) is 2.59. The van der Waals surface area contributed by atoms with Crippen LogP contribution < -0.4 is 10.1 Å². The molecule has 0 saturated carbocycles. The molecule has 0 aliphatic carbocycles. The van der Waals surface area contributed by atoms with Crippen LogP contribution in [-0.4, -0.2) is 68.6 Å². The molecule has 0 spiro atoms. The second kappa shape index (κ2) is 9.78. The lowest BCUT2D eigenvalue weighted by Gasteiger charge is -2.33. The number of amides is 1. The van der Waals surface area contributed by atoms with E-state index in [2.05, 4.69) is 42.1 Å². The van der Waals surface area contributed by atoms with Crippen molar-refractivity contribution in [3.8, 4) is 5.75 Å². The van der Waals surface area contributed by atoms with E-state index in [0.29, 0.717) is 18.9 Å². The molecule has 5 nitrogen and oxygen atoms in total. The fraction of sp³-hybridized carbons (Fsp3) is 0.650. The summed E-state index contributed by atoms with van der Waals surface area (Å²) in [6, 6.07) is 6.01. The average molecular weight is 348 g/mol. The topological polar surface area (TPSA) is 44.8 Å². The molecule has 1 saturated heterocycles. The van der Waals surface area contributed by atoms with Crippen LogP contribution in [0.3, 0.4) is 0 Å². The Hall–Kier alpha value is -1.59. The first kappa shape index (κ1) is 19.7. The van der Waals surface area contributed by atoms with Crippen molar-refractivity contribution in [3.63, 3.8) is 0 Å². The largest absolute Gasteiger partial charge is 0.493 e. The molecule has 1 aromatic rings. The zero-order valence-corrected chi connectivity index (χ0v) is 16.2. The number of hydrogen-bond donors (Lipinski definition) is 1. The van der Waals surface area contributed by atoms with E-state index >= 15 is 0 Å². The van der Waals surface area contributed by atoms with E-state index in [1.54, 1.807) is 0 Å². The summed E-state index contributed by atoms with van der Waals surface area (Å²) in [6.45, 7) is 13.0. The maximum atomic E-state index is 12.0. The molecular formula is C20H33N3O2. The minimum absolute atomic E-state index is 0.0653. The minimum Gasteiger partial charge on any atom is -0.493 e. The Labute approximate surface area is 152 Å². The number of aryl methyl sites for hydroxylation is 1. The summed E-state index contributed by atoms with van der Waals surface area (Å²) >= 11 is 0. The van der Waals surface area contributed by atoms with Gasteiger partial charge in [-0.1, -0.05) is 19.1 Å². The molecule has 1 N–H and O–H groups in total. The van der Waals surface area contributed by atoms with Gasteiger partial charge in [-0.05, 0) is 44.0 Å². The number of carbonyl (C=O) groups excluding carboxylic acids is 1. The van der Waals surface area contributed by atoms with Crippen molar-refractivity contribution in [1.82, 2.24) is 15.1 Å². The van der Waals surface area contributed by atoms with Crippen molar-refractivity contribution in [2.24, 2.45) is 5.92 Å². The second-order valence-electron chi connectivity index (χ2n) is 7.31. The van der Waals surface area contributed by atoms with Crippen molar-refractivity contribution in [2.45, 2.75) is 27.2 Å². The predicted octanol–water partition coefficient (Wildman–Crippen LogP) is 2.07. The number of benzene rings is 1. The Kier molecular flexibility index (Phi) is 7.72. The van der Waals surface area contributed by atoms with Gasteiger partial charge < -0.3 is 19.9 Å². The number of nitrogens with zero attached hydrogens (tertiary/aromatic N) is 2. The van der Waals surface area contributed by atoms with Crippen molar-refractivity contribution >= 4 is 5.91 Å². The highest BCUT2D eigenvalue weighted by molar-refractivity contribution is 5.75. The maximum Gasteiger partial charge on any atom is 0.223 e. The fourth-order valence-corrected chi connectivity index (χ4v) is 3.05. The summed E-state index contributed by atoms with van der Waals surface area (Å²) in [4.78, 5) is 16.9. The SMILES string of the molecule is Cc1cccc(OCCC(=O)NC[C@H](C)CN2CCN(C)CC2)c1C. The van der Waals surface area contributed by atoms with Crippen molar-refractivity contribution in [1.29, 1.82) is 0 Å². The van der Waals surface area contributed by atoms with E-state index < -0.39 is 0 Å². The maximum absolute atomic E-state index is 12.0. The molecule has 25 heavy (non-hydrogen) atoms. The summed E-state index contributed by atoms with van der Waals surface area (Å²) in [5, 5.41) is 3.04. The van der Waals surface area contributed by atoms with Gasteiger partial charge in [0.1, 0.15) is 5.75 Å². The predicted molar refractivity (Wildman–Crippen MR) is 102 cm³/mol. The van der Waals surface area contributed by atoms with E-state index in [9.17, 15) is 4.79 Å². The van der Waals surface area contributed by atoms with Crippen LogP contribution in [0, 0.1) is 19.8 Å². The first-order valence-electron chi connectivity index (χ1n) is 9.32. The summed E-state index contributed by atoms with van der Waals surface area (Å²) in [6.07, 6.45) is 0.397. The van der Waals surface area contributed by atoms with E-state index in [-0.39, 0.29) is 5.91 Å². The van der Waals surface area contributed by atoms with Gasteiger partial charge in [-0.3, -0.25) is 4.79 Å². The van der Waals surface area contributed by atoms with Gasteiger partial charge in [0.05, 0.1) is 13.0 Å². The molecule has 5 heteroatoms. The van der Waals surface area contributed by atoms with Gasteiger partial charge in [0.2, 0.25) is 5.91 Å². The first-order valence-corrected chi connectivity index (χ1v) is 9.32. The molecule has 1 fully saturated rings. The second-order valence-corrected chi connectivity index (χ2v) is 7.31. The molecule has 1 aliphatic rings. The Bertz CT molecular complexity index is 554. The quantitative estimate of drug-likeness (QED) is 0.782. The van der Waals surface area contributed by atoms with Gasteiger partial charge in [-0.2, -0.15) is 0 Å². The Morgan fingerprint density at radius 2 is 1.96 bits per heavy atom. The summed E-state index contributed by atoms with van der Waals surface area (Å²) in [5.74, 6) is 1.40. The lowest BCUT2D eigenvalue weighted by molar-refractivity contribution is -0.121. The summed E-state index contributed by atoms with van der Waals surface area (Å²) in [5.41, 5.74) is 2.35. The van der Waals surface area contributed by atoms with Crippen LogP contribution in [0.15, 0.2) is 18.2 Å². The molecule has 1 aromatic carbocycles. The van der Waals surface area contributed by atoms with E-state index in [1.807, 2.05) is 19.1 Å². The Morgan fingerprint density at radius 1 is 1.24 bits per heavy atom. The van der Waals surface area contributed by atoms with Crippen LogP contribution in [0.2, 0.25) is 0 Å². The van der Waals surface area contributed by atoms with Crippen molar-refractivity contribution in [3.05, 3.63) is 29.3 Å². The molecule has 140 valence electrons. The van der Waals surface area contributed by atoms with Crippen LogP contribution >= 0.6 is 0 Å². The highest BCUT2D eigenvalue weighted by atomic mass is 16.5. The molecule has 0 bridgehead atoms. The third kappa shape index (κ3) is 6.67. The normalized spacial score (nSPS) is 17.3. The molecule has 0 aromatic heterocycles. The van der Waals surface area contributed by atoms with Gasteiger partial charge >= 0.3 is 0 Å². The molecule has 2 rings (SSSR count). The Morgan fingerprint density at radius 3 is 2.68 bits per heavy atom. The lowest BCUT2D eigenvalue weighted by atomic mass is 10.1. The number of piperazine rings is 1. The van der Waals surface area contributed by atoms with Crippen molar-refractivity contribution < 1.29 is 9.53 Å². The first-order chi connectivity index (χ1) is 12.0. The Balaban J connectivity index is 1.61. The smallest absolute Gasteiger partial charge is 0.223 e. The number of ether oxygens (including phenoxy) is 1. The molecule has 0 radical (unpaired) electrons.